The van der Waals surface area contributed by atoms with Gasteiger partial charge in [0.2, 0.25) is 5.91 Å². The zero-order valence-corrected chi connectivity index (χ0v) is 10.8. The van der Waals surface area contributed by atoms with Gasteiger partial charge in [0, 0.05) is 19.0 Å². The molecular formula is C13H22N2O3. The second-order valence-corrected chi connectivity index (χ2v) is 5.45. The van der Waals surface area contributed by atoms with Crippen LogP contribution in [0.5, 0.6) is 0 Å². The fourth-order valence-corrected chi connectivity index (χ4v) is 3.20. The van der Waals surface area contributed by atoms with E-state index in [1.165, 1.54) is 0 Å². The third-order valence-electron chi connectivity index (χ3n) is 4.16. The molecule has 102 valence electrons. The average molecular weight is 254 g/mol. The largest absolute Gasteiger partial charge is 0.350 e. The lowest BCUT2D eigenvalue weighted by atomic mass is 9.96. The molecule has 3 heterocycles. The lowest BCUT2D eigenvalue weighted by Gasteiger charge is -2.36. The number of rotatable bonds is 2. The Bertz CT molecular complexity index is 299. The van der Waals surface area contributed by atoms with Crippen LogP contribution < -0.4 is 5.32 Å². The molecule has 2 atom stereocenters. The summed E-state index contributed by atoms with van der Waals surface area (Å²) in [6.07, 6.45) is 4.18. The van der Waals surface area contributed by atoms with Crippen LogP contribution in [0.4, 0.5) is 0 Å². The Balaban J connectivity index is 1.57. The molecule has 3 fully saturated rings. The van der Waals surface area contributed by atoms with Gasteiger partial charge < -0.3 is 19.7 Å². The van der Waals surface area contributed by atoms with E-state index in [9.17, 15) is 4.79 Å². The number of nitrogens with one attached hydrogen (secondary N) is 1. The highest BCUT2D eigenvalue weighted by molar-refractivity contribution is 5.82. The molecule has 1 N–H and O–H groups in total. The van der Waals surface area contributed by atoms with Gasteiger partial charge in [-0.3, -0.25) is 4.79 Å². The van der Waals surface area contributed by atoms with Crippen LogP contribution in [-0.4, -0.2) is 56.0 Å². The number of ether oxygens (including phenoxy) is 2. The summed E-state index contributed by atoms with van der Waals surface area (Å²) in [4.78, 5) is 14.3. The van der Waals surface area contributed by atoms with Crippen molar-refractivity contribution in [1.82, 2.24) is 10.2 Å². The van der Waals surface area contributed by atoms with Crippen LogP contribution >= 0.6 is 0 Å². The van der Waals surface area contributed by atoms with Crippen molar-refractivity contribution in [2.24, 2.45) is 5.92 Å². The predicted molar refractivity (Wildman–Crippen MR) is 66.0 cm³/mol. The minimum Gasteiger partial charge on any atom is -0.350 e. The lowest BCUT2D eigenvalue weighted by molar-refractivity contribution is -0.141. The smallest absolute Gasteiger partial charge is 0.239 e. The molecule has 0 saturated carbocycles. The van der Waals surface area contributed by atoms with Crippen molar-refractivity contribution in [3.05, 3.63) is 0 Å². The Kier molecular flexibility index (Phi) is 3.82. The second-order valence-electron chi connectivity index (χ2n) is 5.45. The second kappa shape index (κ2) is 5.55. The van der Waals surface area contributed by atoms with Gasteiger partial charge >= 0.3 is 0 Å². The van der Waals surface area contributed by atoms with Gasteiger partial charge in [-0.05, 0) is 32.2 Å². The van der Waals surface area contributed by atoms with Gasteiger partial charge in [0.05, 0.1) is 19.3 Å². The number of carbonyl (C=O) groups is 1. The first-order valence-corrected chi connectivity index (χ1v) is 7.10. The Morgan fingerprint density at radius 2 is 2.00 bits per heavy atom. The quantitative estimate of drug-likeness (QED) is 0.772. The molecule has 0 unspecified atom stereocenters. The number of piperidine rings is 1. The number of hydrogen-bond donors (Lipinski definition) is 1. The van der Waals surface area contributed by atoms with Crippen molar-refractivity contribution >= 4 is 5.91 Å². The number of carbonyl (C=O) groups excluding carboxylic acids is 1. The summed E-state index contributed by atoms with van der Waals surface area (Å²) < 4.78 is 11.1. The molecule has 3 saturated heterocycles. The van der Waals surface area contributed by atoms with Crippen LogP contribution in [0.1, 0.15) is 25.7 Å². The van der Waals surface area contributed by atoms with Gasteiger partial charge in [-0.25, -0.2) is 0 Å². The summed E-state index contributed by atoms with van der Waals surface area (Å²) in [7, 11) is 0. The van der Waals surface area contributed by atoms with E-state index in [-0.39, 0.29) is 18.2 Å². The Hall–Kier alpha value is -0.650. The van der Waals surface area contributed by atoms with Crippen molar-refractivity contribution < 1.29 is 14.3 Å². The molecule has 0 radical (unpaired) electrons. The van der Waals surface area contributed by atoms with Crippen molar-refractivity contribution in [2.75, 3.05) is 32.8 Å². The first kappa shape index (κ1) is 12.4. The summed E-state index contributed by atoms with van der Waals surface area (Å²) in [6.45, 7) is 4.04. The van der Waals surface area contributed by atoms with Gasteiger partial charge in [-0.15, -0.1) is 0 Å². The highest BCUT2D eigenvalue weighted by atomic mass is 16.7. The van der Waals surface area contributed by atoms with E-state index in [4.69, 9.17) is 9.47 Å². The van der Waals surface area contributed by atoms with Crippen LogP contribution in [0.25, 0.3) is 0 Å². The fourth-order valence-electron chi connectivity index (χ4n) is 3.20. The van der Waals surface area contributed by atoms with Crippen molar-refractivity contribution in [1.29, 1.82) is 0 Å². The standard InChI is InChI=1S/C13H22N2O3/c16-12(11-4-1-5-14-11)15-6-2-3-10(9-15)13-17-7-8-18-13/h10-11,13-14H,1-9H2/t10-,11-/m1/s1. The minimum atomic E-state index is -0.0860. The summed E-state index contributed by atoms with van der Waals surface area (Å²) in [5.41, 5.74) is 0. The molecule has 0 aliphatic carbocycles. The molecule has 0 bridgehead atoms. The summed E-state index contributed by atoms with van der Waals surface area (Å²) in [6, 6.07) is 0.0502. The molecule has 3 aliphatic heterocycles. The van der Waals surface area contributed by atoms with E-state index in [1.54, 1.807) is 0 Å². The van der Waals surface area contributed by atoms with Gasteiger partial charge in [0.15, 0.2) is 6.29 Å². The van der Waals surface area contributed by atoms with E-state index in [0.717, 1.165) is 45.3 Å². The number of hydrogen-bond acceptors (Lipinski definition) is 4. The summed E-state index contributed by atoms with van der Waals surface area (Å²) in [5.74, 6) is 0.627. The molecule has 18 heavy (non-hydrogen) atoms. The maximum Gasteiger partial charge on any atom is 0.239 e. The molecule has 0 aromatic heterocycles. The van der Waals surface area contributed by atoms with Crippen LogP contribution in [0.2, 0.25) is 0 Å². The van der Waals surface area contributed by atoms with Crippen molar-refractivity contribution in [2.45, 2.75) is 38.0 Å². The maximum atomic E-state index is 12.3. The SMILES string of the molecule is O=C([C@H]1CCCN1)N1CCC[C@@H](C2OCCO2)C1. The van der Waals surface area contributed by atoms with E-state index < -0.39 is 0 Å². The normalized spacial score (nSPS) is 34.1. The molecule has 5 nitrogen and oxygen atoms in total. The first-order valence-electron chi connectivity index (χ1n) is 7.10. The topological polar surface area (TPSA) is 50.8 Å². The fraction of sp³-hybridized carbons (Fsp3) is 0.923. The van der Waals surface area contributed by atoms with E-state index in [2.05, 4.69) is 5.32 Å². The highest BCUT2D eigenvalue weighted by Gasteiger charge is 2.35. The lowest BCUT2D eigenvalue weighted by Crippen LogP contribution is -2.49. The van der Waals surface area contributed by atoms with Crippen molar-refractivity contribution in [3.8, 4) is 0 Å². The van der Waals surface area contributed by atoms with Crippen LogP contribution in [0, 0.1) is 5.92 Å². The summed E-state index contributed by atoms with van der Waals surface area (Å²) in [5, 5.41) is 3.28. The zero-order chi connectivity index (χ0) is 12.4. The first-order chi connectivity index (χ1) is 8.84. The molecule has 1 amide bonds. The van der Waals surface area contributed by atoms with E-state index in [0.29, 0.717) is 19.1 Å². The molecule has 0 spiro atoms. The van der Waals surface area contributed by atoms with Crippen LogP contribution in [-0.2, 0) is 14.3 Å². The molecular weight excluding hydrogens is 232 g/mol. The Morgan fingerprint density at radius 3 is 2.72 bits per heavy atom. The Morgan fingerprint density at radius 1 is 1.17 bits per heavy atom. The molecule has 3 aliphatic rings. The van der Waals surface area contributed by atoms with Gasteiger partial charge in [-0.1, -0.05) is 0 Å². The third-order valence-corrected chi connectivity index (χ3v) is 4.16. The molecule has 0 aromatic carbocycles. The Labute approximate surface area is 108 Å². The molecule has 5 heteroatoms. The van der Waals surface area contributed by atoms with Gasteiger partial charge in [-0.2, -0.15) is 0 Å². The monoisotopic (exact) mass is 254 g/mol. The van der Waals surface area contributed by atoms with Crippen LogP contribution in [0.3, 0.4) is 0 Å². The van der Waals surface area contributed by atoms with Gasteiger partial charge in [0.25, 0.3) is 0 Å². The maximum absolute atomic E-state index is 12.3. The minimum absolute atomic E-state index is 0.0502. The average Bonchev–Trinajstić information content (AvgIpc) is 3.11. The van der Waals surface area contributed by atoms with E-state index in [1.807, 2.05) is 4.90 Å². The number of amides is 1. The van der Waals surface area contributed by atoms with Crippen LogP contribution in [0.15, 0.2) is 0 Å². The van der Waals surface area contributed by atoms with Gasteiger partial charge in [0.1, 0.15) is 0 Å². The number of likely N-dealkylation sites (tertiary alicyclic amines) is 1. The number of nitrogens with zero attached hydrogens (tertiary/aromatic N) is 1. The highest BCUT2D eigenvalue weighted by Crippen LogP contribution is 2.25. The third kappa shape index (κ3) is 2.53. The molecule has 0 aromatic rings. The zero-order valence-electron chi connectivity index (χ0n) is 10.8. The van der Waals surface area contributed by atoms with E-state index >= 15 is 0 Å². The summed E-state index contributed by atoms with van der Waals surface area (Å²) >= 11 is 0. The predicted octanol–water partition coefficient (Wildman–Crippen LogP) is 0.350. The van der Waals surface area contributed by atoms with Crippen molar-refractivity contribution in [3.63, 3.8) is 0 Å². The molecule has 3 rings (SSSR count).